The first-order valence-electron chi connectivity index (χ1n) is 8.24. The Morgan fingerprint density at radius 3 is 3.00 bits per heavy atom. The predicted molar refractivity (Wildman–Crippen MR) is 92.8 cm³/mol. The molecular weight excluding hydrogens is 324 g/mol. The molecule has 2 heterocycles. The maximum Gasteiger partial charge on any atom is 0.233 e. The summed E-state index contributed by atoms with van der Waals surface area (Å²) in [5.41, 5.74) is 0. The molecule has 1 amide bonds. The second-order valence-corrected chi connectivity index (χ2v) is 7.02. The van der Waals surface area contributed by atoms with Gasteiger partial charge in [0.15, 0.2) is 5.82 Å². The van der Waals surface area contributed by atoms with Crippen LogP contribution in [-0.2, 0) is 16.1 Å². The molecule has 1 aliphatic rings. The molecule has 7 heteroatoms. The molecule has 6 nitrogen and oxygen atoms in total. The van der Waals surface area contributed by atoms with Crippen LogP contribution in [0.25, 0.3) is 0 Å². The average Bonchev–Trinajstić information content (AvgIpc) is 3.29. The molecule has 1 fully saturated rings. The summed E-state index contributed by atoms with van der Waals surface area (Å²) in [6.45, 7) is 3.83. The molecule has 1 saturated heterocycles. The van der Waals surface area contributed by atoms with E-state index in [1.165, 1.54) is 0 Å². The number of amides is 1. The number of carbonyl (C=O) groups excluding carboxylic acids is 1. The molecule has 0 aliphatic carbocycles. The zero-order valence-corrected chi connectivity index (χ0v) is 14.5. The minimum atomic E-state index is -0.113. The third-order valence-electron chi connectivity index (χ3n) is 3.96. The molecule has 0 spiro atoms. The highest BCUT2D eigenvalue weighted by atomic mass is 32.2. The van der Waals surface area contributed by atoms with E-state index in [0.717, 1.165) is 30.2 Å². The smallest absolute Gasteiger partial charge is 0.233 e. The van der Waals surface area contributed by atoms with E-state index < -0.39 is 0 Å². The summed E-state index contributed by atoms with van der Waals surface area (Å²) in [7, 11) is 0. The lowest BCUT2D eigenvalue weighted by Crippen LogP contribution is -2.32. The first-order chi connectivity index (χ1) is 11.8. The second-order valence-electron chi connectivity index (χ2n) is 5.75. The first kappa shape index (κ1) is 17.0. The molecule has 0 unspecified atom stereocenters. The monoisotopic (exact) mass is 346 g/mol. The quantitative estimate of drug-likeness (QED) is 0.753. The van der Waals surface area contributed by atoms with Gasteiger partial charge in [0.2, 0.25) is 5.91 Å². The van der Waals surface area contributed by atoms with Gasteiger partial charge in [-0.15, -0.1) is 11.8 Å². The minimum absolute atomic E-state index is 0.0218. The van der Waals surface area contributed by atoms with E-state index >= 15 is 0 Å². The highest BCUT2D eigenvalue weighted by Gasteiger charge is 2.22. The van der Waals surface area contributed by atoms with E-state index in [2.05, 4.69) is 20.5 Å². The highest BCUT2D eigenvalue weighted by Crippen LogP contribution is 2.25. The summed E-state index contributed by atoms with van der Waals surface area (Å²) in [6, 6.07) is 9.98. The van der Waals surface area contributed by atoms with Gasteiger partial charge in [-0.3, -0.25) is 9.89 Å². The normalized spacial score (nSPS) is 18.5. The lowest BCUT2D eigenvalue weighted by atomic mass is 10.1. The Bertz CT molecular complexity index is 656. The number of aromatic nitrogens is 3. The number of carbonyl (C=O) groups is 1. The van der Waals surface area contributed by atoms with Crippen LogP contribution in [0.2, 0.25) is 0 Å². The topological polar surface area (TPSA) is 79.9 Å². The molecule has 128 valence electrons. The van der Waals surface area contributed by atoms with Gasteiger partial charge in [0.1, 0.15) is 5.82 Å². The van der Waals surface area contributed by atoms with Gasteiger partial charge >= 0.3 is 0 Å². The van der Waals surface area contributed by atoms with Crippen molar-refractivity contribution >= 4 is 17.7 Å². The maximum absolute atomic E-state index is 12.4. The molecule has 1 aliphatic heterocycles. The molecule has 2 aromatic rings. The summed E-state index contributed by atoms with van der Waals surface area (Å²) in [5.74, 6) is 1.75. The van der Waals surface area contributed by atoms with Crippen LogP contribution in [-0.4, -0.2) is 39.6 Å². The molecule has 1 aromatic carbocycles. The van der Waals surface area contributed by atoms with E-state index in [9.17, 15) is 4.79 Å². The van der Waals surface area contributed by atoms with Crippen LogP contribution >= 0.6 is 11.8 Å². The number of benzene rings is 1. The van der Waals surface area contributed by atoms with Crippen molar-refractivity contribution < 1.29 is 9.53 Å². The van der Waals surface area contributed by atoms with E-state index in [-0.39, 0.29) is 17.1 Å². The van der Waals surface area contributed by atoms with Gasteiger partial charge in [-0.25, -0.2) is 4.98 Å². The van der Waals surface area contributed by atoms with Crippen LogP contribution in [0.15, 0.2) is 35.2 Å². The predicted octanol–water partition coefficient (Wildman–Crippen LogP) is 2.50. The molecule has 2 atom stereocenters. The maximum atomic E-state index is 12.4. The Labute approximate surface area is 145 Å². The highest BCUT2D eigenvalue weighted by molar-refractivity contribution is 8.00. The van der Waals surface area contributed by atoms with Crippen molar-refractivity contribution in [2.24, 2.45) is 0 Å². The van der Waals surface area contributed by atoms with Gasteiger partial charge in [0.25, 0.3) is 0 Å². The molecule has 0 radical (unpaired) electrons. The van der Waals surface area contributed by atoms with Gasteiger partial charge in [-0.05, 0) is 25.0 Å². The molecule has 24 heavy (non-hydrogen) atoms. The summed E-state index contributed by atoms with van der Waals surface area (Å²) < 4.78 is 5.36. The number of nitrogens with one attached hydrogen (secondary N) is 2. The fraction of sp³-hybridized carbons (Fsp3) is 0.471. The Morgan fingerprint density at radius 1 is 1.46 bits per heavy atom. The Balaban J connectivity index is 1.52. The van der Waals surface area contributed by atoms with Crippen molar-refractivity contribution in [3.05, 3.63) is 42.0 Å². The minimum Gasteiger partial charge on any atom is -0.381 e. The van der Waals surface area contributed by atoms with Gasteiger partial charge in [-0.1, -0.05) is 25.1 Å². The molecular formula is C17H22N4O2S. The fourth-order valence-electron chi connectivity index (χ4n) is 2.58. The number of nitrogens with zero attached hydrogens (tertiary/aromatic N) is 2. The lowest BCUT2D eigenvalue weighted by molar-refractivity contribution is -0.120. The van der Waals surface area contributed by atoms with Gasteiger partial charge in [-0.2, -0.15) is 5.10 Å². The van der Waals surface area contributed by atoms with E-state index in [1.54, 1.807) is 11.8 Å². The number of H-pyrrole nitrogens is 1. The summed E-state index contributed by atoms with van der Waals surface area (Å²) >= 11 is 1.58. The Hall–Kier alpha value is -1.86. The van der Waals surface area contributed by atoms with Crippen LogP contribution in [0.5, 0.6) is 0 Å². The molecule has 2 N–H and O–H groups in total. The second kappa shape index (κ2) is 8.30. The van der Waals surface area contributed by atoms with Crippen molar-refractivity contribution in [1.29, 1.82) is 0 Å². The Kier molecular flexibility index (Phi) is 5.87. The van der Waals surface area contributed by atoms with Crippen molar-refractivity contribution in [1.82, 2.24) is 20.5 Å². The summed E-state index contributed by atoms with van der Waals surface area (Å²) in [6.07, 6.45) is 1.72. The van der Waals surface area contributed by atoms with Crippen LogP contribution < -0.4 is 5.32 Å². The summed E-state index contributed by atoms with van der Waals surface area (Å²) in [5, 5.41) is 9.98. The average molecular weight is 346 g/mol. The first-order valence-corrected chi connectivity index (χ1v) is 9.12. The van der Waals surface area contributed by atoms with Crippen LogP contribution in [0.1, 0.15) is 37.3 Å². The van der Waals surface area contributed by atoms with E-state index in [4.69, 9.17) is 4.74 Å². The number of rotatable bonds is 7. The van der Waals surface area contributed by atoms with E-state index in [0.29, 0.717) is 19.0 Å². The number of ether oxygens (including phenoxy) is 1. The van der Waals surface area contributed by atoms with Gasteiger partial charge in [0.05, 0.1) is 18.4 Å². The van der Waals surface area contributed by atoms with Crippen LogP contribution in [0, 0.1) is 0 Å². The zero-order chi connectivity index (χ0) is 16.8. The largest absolute Gasteiger partial charge is 0.381 e. The third-order valence-corrected chi connectivity index (χ3v) is 5.33. The zero-order valence-electron chi connectivity index (χ0n) is 13.7. The lowest BCUT2D eigenvalue weighted by Gasteiger charge is -2.14. The molecule has 1 aromatic heterocycles. The van der Waals surface area contributed by atoms with Gasteiger partial charge in [0, 0.05) is 17.4 Å². The van der Waals surface area contributed by atoms with Crippen molar-refractivity contribution in [2.45, 2.75) is 42.4 Å². The number of hydrogen-bond donors (Lipinski definition) is 2. The van der Waals surface area contributed by atoms with Crippen molar-refractivity contribution in [3.63, 3.8) is 0 Å². The third kappa shape index (κ3) is 4.36. The van der Waals surface area contributed by atoms with Gasteiger partial charge < -0.3 is 10.1 Å². The number of aromatic amines is 1. The summed E-state index contributed by atoms with van der Waals surface area (Å²) in [4.78, 5) is 18.0. The van der Waals surface area contributed by atoms with Crippen molar-refractivity contribution in [3.8, 4) is 0 Å². The number of thioether (sulfide) groups is 1. The van der Waals surface area contributed by atoms with Crippen LogP contribution in [0.3, 0.4) is 0 Å². The fourth-order valence-corrected chi connectivity index (χ4v) is 3.58. The standard InChI is InChI=1S/C17H22N4O2S/c1-2-14(24-13-6-4-3-5-7-13)17(22)18-10-15-19-16(21-20-15)12-8-9-23-11-12/h3-7,12,14H,2,8-11H2,1H3,(H,18,22)(H,19,20,21)/t12-,14+/m0/s1. The molecule has 0 bridgehead atoms. The van der Waals surface area contributed by atoms with E-state index in [1.807, 2.05) is 37.3 Å². The molecule has 0 saturated carbocycles. The number of hydrogen-bond acceptors (Lipinski definition) is 5. The van der Waals surface area contributed by atoms with Crippen LogP contribution in [0.4, 0.5) is 0 Å². The SMILES string of the molecule is CC[C@@H](Sc1ccccc1)C(=O)NCc1nc([C@H]2CCOC2)n[nH]1. The molecule has 3 rings (SSSR count). The Morgan fingerprint density at radius 2 is 2.29 bits per heavy atom. The van der Waals surface area contributed by atoms with Crippen molar-refractivity contribution in [2.75, 3.05) is 13.2 Å².